The summed E-state index contributed by atoms with van der Waals surface area (Å²) < 4.78 is 19.9. The summed E-state index contributed by atoms with van der Waals surface area (Å²) in [6, 6.07) is 7.56. The Morgan fingerprint density at radius 3 is 2.32 bits per heavy atom. The standard InChI is InChI=1S/C28H31FN4O4S/c1-16-12-23(22-14-20(34)6-7-25(22)31-16)26(35)32-18-2-4-19(5-3-18)33-27(36)24-13-17(29)15-30-28(24)37-21-8-10-38-11-9-21/h6-7,12-15,18-19,21,34H,2-5,8-11H2,1H3,(H,32,35)(H,33,36). The van der Waals surface area contributed by atoms with E-state index in [9.17, 15) is 19.1 Å². The minimum Gasteiger partial charge on any atom is -0.508 e. The molecule has 1 aliphatic carbocycles. The van der Waals surface area contributed by atoms with E-state index in [1.165, 1.54) is 6.07 Å². The zero-order chi connectivity index (χ0) is 26.6. The molecule has 0 spiro atoms. The number of phenolic OH excluding ortho intramolecular Hbond substituents is 1. The van der Waals surface area contributed by atoms with E-state index in [2.05, 4.69) is 20.6 Å². The van der Waals surface area contributed by atoms with Gasteiger partial charge < -0.3 is 20.5 Å². The number of carbonyl (C=O) groups is 2. The molecule has 8 nitrogen and oxygen atoms in total. The van der Waals surface area contributed by atoms with Gasteiger partial charge in [-0.15, -0.1) is 0 Å². The number of fused-ring (bicyclic) bond motifs is 1. The van der Waals surface area contributed by atoms with Gasteiger partial charge in [-0.3, -0.25) is 14.6 Å². The highest BCUT2D eigenvalue weighted by atomic mass is 32.2. The maximum Gasteiger partial charge on any atom is 0.257 e. The third kappa shape index (κ3) is 6.18. The van der Waals surface area contributed by atoms with Gasteiger partial charge >= 0.3 is 0 Å². The number of halogens is 1. The number of carbonyl (C=O) groups excluding carboxylic acids is 2. The van der Waals surface area contributed by atoms with Crippen molar-refractivity contribution in [2.75, 3.05) is 11.5 Å². The van der Waals surface area contributed by atoms with Gasteiger partial charge in [0.05, 0.1) is 17.3 Å². The highest BCUT2D eigenvalue weighted by Crippen LogP contribution is 2.27. The Morgan fingerprint density at radius 1 is 0.974 bits per heavy atom. The number of rotatable bonds is 6. The van der Waals surface area contributed by atoms with Crippen molar-refractivity contribution in [1.82, 2.24) is 20.6 Å². The van der Waals surface area contributed by atoms with Crippen LogP contribution in [0.1, 0.15) is 64.9 Å². The Hall–Kier alpha value is -3.40. The van der Waals surface area contributed by atoms with E-state index in [1.54, 1.807) is 24.3 Å². The molecule has 2 fully saturated rings. The summed E-state index contributed by atoms with van der Waals surface area (Å²) in [6.45, 7) is 1.83. The van der Waals surface area contributed by atoms with Gasteiger partial charge in [0, 0.05) is 23.2 Å². The van der Waals surface area contributed by atoms with Crippen molar-refractivity contribution in [1.29, 1.82) is 0 Å². The van der Waals surface area contributed by atoms with Gasteiger partial charge in [0.15, 0.2) is 0 Å². The second kappa shape index (κ2) is 11.6. The summed E-state index contributed by atoms with van der Waals surface area (Å²) >= 11 is 1.87. The number of amides is 2. The zero-order valence-electron chi connectivity index (χ0n) is 21.2. The summed E-state index contributed by atoms with van der Waals surface area (Å²) in [7, 11) is 0. The molecule has 1 saturated heterocycles. The number of aromatic hydroxyl groups is 1. The zero-order valence-corrected chi connectivity index (χ0v) is 22.0. The summed E-state index contributed by atoms with van der Waals surface area (Å²) in [5.74, 6) is 1.04. The van der Waals surface area contributed by atoms with Crippen LogP contribution in [0.4, 0.5) is 4.39 Å². The number of aromatic nitrogens is 2. The molecule has 0 unspecified atom stereocenters. The Morgan fingerprint density at radius 2 is 1.63 bits per heavy atom. The number of phenols is 1. The van der Waals surface area contributed by atoms with Crippen molar-refractivity contribution in [2.45, 2.75) is 63.6 Å². The normalized spacial score (nSPS) is 20.2. The van der Waals surface area contributed by atoms with Gasteiger partial charge in [-0.1, -0.05) is 0 Å². The Bertz CT molecular complexity index is 1340. The molecule has 200 valence electrons. The maximum atomic E-state index is 14.0. The number of nitrogens with one attached hydrogen (secondary N) is 2. The summed E-state index contributed by atoms with van der Waals surface area (Å²) in [6.07, 6.45) is 5.52. The molecule has 1 saturated carbocycles. The molecule has 0 atom stereocenters. The average Bonchev–Trinajstić information content (AvgIpc) is 2.91. The summed E-state index contributed by atoms with van der Waals surface area (Å²) in [5, 5.41) is 16.6. The molecule has 3 aromatic rings. The lowest BCUT2D eigenvalue weighted by Gasteiger charge is -2.30. The second-order valence-electron chi connectivity index (χ2n) is 9.94. The number of hydrogen-bond acceptors (Lipinski definition) is 7. The van der Waals surface area contributed by atoms with Crippen LogP contribution in [0.5, 0.6) is 11.6 Å². The van der Waals surface area contributed by atoms with E-state index in [1.807, 2.05) is 18.7 Å². The lowest BCUT2D eigenvalue weighted by atomic mass is 9.90. The molecule has 2 aliphatic rings. The summed E-state index contributed by atoms with van der Waals surface area (Å²) in [4.78, 5) is 34.7. The third-order valence-electron chi connectivity index (χ3n) is 7.07. The summed E-state index contributed by atoms with van der Waals surface area (Å²) in [5.41, 5.74) is 1.96. The smallest absolute Gasteiger partial charge is 0.257 e. The number of hydrogen-bond donors (Lipinski definition) is 3. The van der Waals surface area contributed by atoms with Crippen LogP contribution >= 0.6 is 11.8 Å². The topological polar surface area (TPSA) is 113 Å². The van der Waals surface area contributed by atoms with E-state index < -0.39 is 11.7 Å². The van der Waals surface area contributed by atoms with Crippen LogP contribution in [0, 0.1) is 12.7 Å². The first-order valence-electron chi connectivity index (χ1n) is 13.0. The number of ether oxygens (including phenoxy) is 1. The van der Waals surface area contributed by atoms with Crippen LogP contribution in [0.2, 0.25) is 0 Å². The van der Waals surface area contributed by atoms with Crippen molar-refractivity contribution in [3.8, 4) is 11.6 Å². The fraction of sp³-hybridized carbons (Fsp3) is 0.429. The lowest BCUT2D eigenvalue weighted by Crippen LogP contribution is -2.44. The van der Waals surface area contributed by atoms with Crippen LogP contribution in [-0.4, -0.2) is 56.6 Å². The second-order valence-corrected chi connectivity index (χ2v) is 11.2. The maximum absolute atomic E-state index is 14.0. The van der Waals surface area contributed by atoms with Crippen LogP contribution in [0.25, 0.3) is 10.9 Å². The molecule has 10 heteroatoms. The number of nitrogens with zero attached hydrogens (tertiary/aromatic N) is 2. The molecular formula is C28H31FN4O4S. The van der Waals surface area contributed by atoms with E-state index in [4.69, 9.17) is 4.74 Å². The van der Waals surface area contributed by atoms with Crippen molar-refractivity contribution >= 4 is 34.5 Å². The number of aryl methyl sites for hydroxylation is 1. The molecule has 0 bridgehead atoms. The van der Waals surface area contributed by atoms with Crippen molar-refractivity contribution < 1.29 is 23.8 Å². The predicted molar refractivity (Wildman–Crippen MR) is 144 cm³/mol. The first-order valence-corrected chi connectivity index (χ1v) is 14.1. The Balaban J connectivity index is 1.19. The largest absolute Gasteiger partial charge is 0.508 e. The quantitative estimate of drug-likeness (QED) is 0.423. The number of thioether (sulfide) groups is 1. The predicted octanol–water partition coefficient (Wildman–Crippen LogP) is 4.53. The minimum atomic E-state index is -0.583. The monoisotopic (exact) mass is 538 g/mol. The molecule has 0 radical (unpaired) electrons. The van der Waals surface area contributed by atoms with Crippen molar-refractivity contribution in [2.24, 2.45) is 0 Å². The fourth-order valence-electron chi connectivity index (χ4n) is 5.08. The van der Waals surface area contributed by atoms with Gasteiger partial charge in [0.25, 0.3) is 11.8 Å². The first-order chi connectivity index (χ1) is 18.4. The average molecular weight is 539 g/mol. The lowest BCUT2D eigenvalue weighted by molar-refractivity contribution is 0.0886. The van der Waals surface area contributed by atoms with Crippen LogP contribution < -0.4 is 15.4 Å². The molecule has 5 rings (SSSR count). The van der Waals surface area contributed by atoms with Crippen molar-refractivity contribution in [3.63, 3.8) is 0 Å². The highest BCUT2D eigenvalue weighted by molar-refractivity contribution is 7.99. The van der Waals surface area contributed by atoms with Gasteiger partial charge in [0.1, 0.15) is 23.2 Å². The SMILES string of the molecule is Cc1cc(C(=O)NC2CCC(NC(=O)c3cc(F)cnc3OC3CCSCC3)CC2)c2cc(O)ccc2n1. The van der Waals surface area contributed by atoms with Gasteiger partial charge in [-0.25, -0.2) is 9.37 Å². The third-order valence-corrected chi connectivity index (χ3v) is 8.12. The van der Waals surface area contributed by atoms with E-state index in [0.29, 0.717) is 42.1 Å². The molecular weight excluding hydrogens is 507 g/mol. The fourth-order valence-corrected chi connectivity index (χ4v) is 6.14. The molecule has 1 aromatic carbocycles. The van der Waals surface area contributed by atoms with Crippen LogP contribution in [-0.2, 0) is 0 Å². The minimum absolute atomic E-state index is 0.0231. The van der Waals surface area contributed by atoms with E-state index in [-0.39, 0.29) is 41.3 Å². The van der Waals surface area contributed by atoms with E-state index >= 15 is 0 Å². The van der Waals surface area contributed by atoms with Crippen LogP contribution in [0.15, 0.2) is 36.5 Å². The molecule has 3 N–H and O–H groups in total. The van der Waals surface area contributed by atoms with Crippen molar-refractivity contribution in [3.05, 3.63) is 59.2 Å². The number of benzene rings is 1. The molecule has 1 aliphatic heterocycles. The van der Waals surface area contributed by atoms with Crippen LogP contribution in [0.3, 0.4) is 0 Å². The molecule has 3 heterocycles. The Labute approximate surface area is 224 Å². The van der Waals surface area contributed by atoms with Gasteiger partial charge in [-0.2, -0.15) is 11.8 Å². The molecule has 2 aromatic heterocycles. The van der Waals surface area contributed by atoms with E-state index in [0.717, 1.165) is 36.2 Å². The number of pyridine rings is 2. The van der Waals surface area contributed by atoms with Gasteiger partial charge in [-0.05, 0) is 87.3 Å². The Kier molecular flexibility index (Phi) is 7.97. The molecule has 38 heavy (non-hydrogen) atoms. The van der Waals surface area contributed by atoms with Gasteiger partial charge in [0.2, 0.25) is 5.88 Å². The molecule has 2 amide bonds. The highest BCUT2D eigenvalue weighted by Gasteiger charge is 2.27. The first kappa shape index (κ1) is 26.2.